The van der Waals surface area contributed by atoms with E-state index >= 15 is 0 Å². The van der Waals surface area contributed by atoms with E-state index in [9.17, 15) is 0 Å². The number of anilines is 2. The van der Waals surface area contributed by atoms with Crippen LogP contribution in [0.2, 0.25) is 0 Å². The number of piperidine rings is 1. The van der Waals surface area contributed by atoms with E-state index in [0.717, 1.165) is 30.4 Å². The zero-order valence-corrected chi connectivity index (χ0v) is 16.0. The Bertz CT molecular complexity index is 532. The van der Waals surface area contributed by atoms with Gasteiger partial charge in [0, 0.05) is 31.8 Å². The molecule has 25 heavy (non-hydrogen) atoms. The van der Waals surface area contributed by atoms with Crippen LogP contribution >= 0.6 is 0 Å². The molecule has 2 fully saturated rings. The van der Waals surface area contributed by atoms with Gasteiger partial charge in [0.2, 0.25) is 0 Å². The SMILES string of the molecule is CCOC1CCC(N2CCC(Nc3cc(CC)ccc3N)CC2)CC1. The molecule has 1 saturated heterocycles. The molecule has 3 N–H and O–H groups in total. The van der Waals surface area contributed by atoms with Crippen molar-refractivity contribution in [3.05, 3.63) is 23.8 Å². The van der Waals surface area contributed by atoms with Crippen molar-refractivity contribution in [2.45, 2.75) is 77.0 Å². The predicted molar refractivity (Wildman–Crippen MR) is 106 cm³/mol. The number of nitrogens with two attached hydrogens (primary N) is 1. The average Bonchev–Trinajstić information content (AvgIpc) is 2.65. The predicted octanol–water partition coefficient (Wildman–Crippen LogP) is 4.06. The molecule has 1 heterocycles. The first-order valence-electron chi connectivity index (χ1n) is 10.2. The zero-order valence-electron chi connectivity index (χ0n) is 16.0. The van der Waals surface area contributed by atoms with E-state index in [-0.39, 0.29) is 0 Å². The molecular formula is C21H35N3O. The topological polar surface area (TPSA) is 50.5 Å². The normalized spacial score (nSPS) is 25.8. The molecule has 4 heteroatoms. The summed E-state index contributed by atoms with van der Waals surface area (Å²) in [4.78, 5) is 2.71. The van der Waals surface area contributed by atoms with Gasteiger partial charge >= 0.3 is 0 Å². The second-order valence-electron chi connectivity index (χ2n) is 7.62. The van der Waals surface area contributed by atoms with E-state index in [2.05, 4.69) is 36.2 Å². The molecule has 140 valence electrons. The first-order chi connectivity index (χ1) is 12.2. The molecule has 1 aliphatic heterocycles. The van der Waals surface area contributed by atoms with Crippen LogP contribution in [-0.2, 0) is 11.2 Å². The second-order valence-corrected chi connectivity index (χ2v) is 7.62. The van der Waals surface area contributed by atoms with Crippen molar-refractivity contribution in [3.8, 4) is 0 Å². The molecule has 1 saturated carbocycles. The van der Waals surface area contributed by atoms with Gasteiger partial charge in [-0.3, -0.25) is 0 Å². The van der Waals surface area contributed by atoms with Gasteiger partial charge in [-0.2, -0.15) is 0 Å². The summed E-state index contributed by atoms with van der Waals surface area (Å²) in [6.07, 6.45) is 9.05. The maximum atomic E-state index is 6.16. The van der Waals surface area contributed by atoms with E-state index in [4.69, 9.17) is 10.5 Å². The third-order valence-electron chi connectivity index (χ3n) is 5.98. The molecule has 0 spiro atoms. The number of rotatable bonds is 6. The average molecular weight is 346 g/mol. The molecule has 1 aromatic carbocycles. The lowest BCUT2D eigenvalue weighted by molar-refractivity contribution is 0.00994. The Morgan fingerprint density at radius 2 is 1.80 bits per heavy atom. The van der Waals surface area contributed by atoms with Crippen molar-refractivity contribution < 1.29 is 4.74 Å². The number of benzene rings is 1. The van der Waals surface area contributed by atoms with Crippen LogP contribution in [0.25, 0.3) is 0 Å². The van der Waals surface area contributed by atoms with E-state index in [1.165, 1.54) is 57.2 Å². The summed E-state index contributed by atoms with van der Waals surface area (Å²) >= 11 is 0. The van der Waals surface area contributed by atoms with Gasteiger partial charge in [-0.1, -0.05) is 13.0 Å². The van der Waals surface area contributed by atoms with Crippen LogP contribution in [0.4, 0.5) is 11.4 Å². The van der Waals surface area contributed by atoms with Crippen molar-refractivity contribution in [2.24, 2.45) is 0 Å². The Hall–Kier alpha value is -1.26. The summed E-state index contributed by atoms with van der Waals surface area (Å²) in [5, 5.41) is 3.70. The van der Waals surface area contributed by atoms with Gasteiger partial charge in [-0.15, -0.1) is 0 Å². The molecule has 1 aliphatic carbocycles. The summed E-state index contributed by atoms with van der Waals surface area (Å²) in [5.41, 5.74) is 9.50. The maximum Gasteiger partial charge on any atom is 0.0578 e. The third kappa shape index (κ3) is 4.89. The van der Waals surface area contributed by atoms with Crippen molar-refractivity contribution in [3.63, 3.8) is 0 Å². The first kappa shape index (κ1) is 18.5. The highest BCUT2D eigenvalue weighted by atomic mass is 16.5. The first-order valence-corrected chi connectivity index (χ1v) is 10.2. The highest BCUT2D eigenvalue weighted by molar-refractivity contribution is 5.67. The van der Waals surface area contributed by atoms with E-state index in [1.807, 2.05) is 6.07 Å². The molecule has 4 nitrogen and oxygen atoms in total. The third-order valence-corrected chi connectivity index (χ3v) is 5.98. The van der Waals surface area contributed by atoms with Crippen molar-refractivity contribution in [1.29, 1.82) is 0 Å². The maximum absolute atomic E-state index is 6.16. The number of hydrogen-bond donors (Lipinski definition) is 2. The number of nitrogen functional groups attached to an aromatic ring is 1. The molecule has 3 rings (SSSR count). The van der Waals surface area contributed by atoms with Crippen LogP contribution in [-0.4, -0.2) is 42.8 Å². The second kappa shape index (κ2) is 8.91. The minimum Gasteiger partial charge on any atom is -0.397 e. The van der Waals surface area contributed by atoms with Crippen LogP contribution in [0.15, 0.2) is 18.2 Å². The van der Waals surface area contributed by atoms with E-state index in [0.29, 0.717) is 12.1 Å². The Balaban J connectivity index is 1.46. The largest absolute Gasteiger partial charge is 0.397 e. The molecule has 1 aromatic rings. The lowest BCUT2D eigenvalue weighted by Gasteiger charge is -2.41. The Morgan fingerprint density at radius 1 is 1.08 bits per heavy atom. The minimum atomic E-state index is 0.509. The molecule has 0 atom stereocenters. The van der Waals surface area contributed by atoms with Gasteiger partial charge in [-0.25, -0.2) is 0 Å². The molecule has 0 radical (unpaired) electrons. The number of likely N-dealkylation sites (tertiary alicyclic amines) is 1. The molecule has 0 bridgehead atoms. The van der Waals surface area contributed by atoms with Crippen LogP contribution in [0.3, 0.4) is 0 Å². The molecule has 0 amide bonds. The lowest BCUT2D eigenvalue weighted by atomic mass is 9.90. The van der Waals surface area contributed by atoms with Crippen LogP contribution < -0.4 is 11.1 Å². The Kier molecular flexibility index (Phi) is 6.60. The minimum absolute atomic E-state index is 0.509. The lowest BCUT2D eigenvalue weighted by Crippen LogP contribution is -2.46. The van der Waals surface area contributed by atoms with Gasteiger partial charge in [0.15, 0.2) is 0 Å². The van der Waals surface area contributed by atoms with E-state index < -0.39 is 0 Å². The van der Waals surface area contributed by atoms with Gasteiger partial charge in [0.05, 0.1) is 17.5 Å². The molecular weight excluding hydrogens is 310 g/mol. The van der Waals surface area contributed by atoms with Gasteiger partial charge < -0.3 is 20.7 Å². The highest BCUT2D eigenvalue weighted by Gasteiger charge is 2.29. The summed E-state index contributed by atoms with van der Waals surface area (Å²) in [6.45, 7) is 7.56. The van der Waals surface area contributed by atoms with Crippen LogP contribution in [0.5, 0.6) is 0 Å². The summed E-state index contributed by atoms with van der Waals surface area (Å²) in [5.74, 6) is 0. The van der Waals surface area contributed by atoms with Gasteiger partial charge in [0.1, 0.15) is 0 Å². The fourth-order valence-corrected chi connectivity index (χ4v) is 4.39. The number of nitrogens with zero attached hydrogens (tertiary/aromatic N) is 1. The van der Waals surface area contributed by atoms with Crippen molar-refractivity contribution in [2.75, 3.05) is 30.7 Å². The van der Waals surface area contributed by atoms with Crippen molar-refractivity contribution >= 4 is 11.4 Å². The standard InChI is InChI=1S/C21H35N3O/c1-3-16-5-10-20(22)21(15-16)23-17-11-13-24(14-12-17)18-6-8-19(9-7-18)25-4-2/h5,10,15,17-19,23H,3-4,6-9,11-14,22H2,1-2H3. The summed E-state index contributed by atoms with van der Waals surface area (Å²) < 4.78 is 5.79. The fourth-order valence-electron chi connectivity index (χ4n) is 4.39. The molecule has 0 unspecified atom stereocenters. The monoisotopic (exact) mass is 345 g/mol. The van der Waals surface area contributed by atoms with Gasteiger partial charge in [0.25, 0.3) is 0 Å². The molecule has 2 aliphatic rings. The highest BCUT2D eigenvalue weighted by Crippen LogP contribution is 2.29. The number of aryl methyl sites for hydroxylation is 1. The number of hydrogen-bond acceptors (Lipinski definition) is 4. The fraction of sp³-hybridized carbons (Fsp3) is 0.714. The Labute approximate surface area is 153 Å². The van der Waals surface area contributed by atoms with Gasteiger partial charge in [-0.05, 0) is 69.6 Å². The van der Waals surface area contributed by atoms with Crippen LogP contribution in [0.1, 0.15) is 57.9 Å². The van der Waals surface area contributed by atoms with Crippen molar-refractivity contribution in [1.82, 2.24) is 4.90 Å². The quantitative estimate of drug-likeness (QED) is 0.764. The molecule has 0 aromatic heterocycles. The Morgan fingerprint density at radius 3 is 2.44 bits per heavy atom. The van der Waals surface area contributed by atoms with E-state index in [1.54, 1.807) is 0 Å². The van der Waals surface area contributed by atoms with Crippen LogP contribution in [0, 0.1) is 0 Å². The zero-order chi connectivity index (χ0) is 17.6. The summed E-state index contributed by atoms with van der Waals surface area (Å²) in [7, 11) is 0. The smallest absolute Gasteiger partial charge is 0.0578 e. The summed E-state index contributed by atoms with van der Waals surface area (Å²) in [6, 6.07) is 7.70. The number of ether oxygens (including phenoxy) is 1. The number of nitrogens with one attached hydrogen (secondary N) is 1.